The fraction of sp³-hybridized carbons (Fsp3) is 0.714. The average Bonchev–Trinajstić information content (AvgIpc) is 2.52. The van der Waals surface area contributed by atoms with E-state index in [1.54, 1.807) is 0 Å². The van der Waals surface area contributed by atoms with Crippen molar-refractivity contribution in [2.75, 3.05) is 0 Å². The van der Waals surface area contributed by atoms with Gasteiger partial charge in [0, 0.05) is 11.1 Å². The highest BCUT2D eigenvalue weighted by molar-refractivity contribution is 6.73. The highest BCUT2D eigenvalue weighted by Gasteiger charge is 2.37. The van der Waals surface area contributed by atoms with Crippen LogP contribution in [0.4, 0.5) is 0 Å². The lowest BCUT2D eigenvalue weighted by molar-refractivity contribution is 0.117. The number of allylic oxidation sites excluding steroid dienone is 4. The van der Waals surface area contributed by atoms with Crippen LogP contribution in [-0.2, 0) is 4.43 Å². The van der Waals surface area contributed by atoms with E-state index in [0.717, 1.165) is 6.42 Å². The molecule has 92 valence electrons. The summed E-state index contributed by atoms with van der Waals surface area (Å²) in [6.07, 6.45) is 9.18. The van der Waals surface area contributed by atoms with Crippen molar-refractivity contribution in [3.63, 3.8) is 0 Å². The molecule has 1 nitrogen and oxygen atoms in total. The molecule has 0 aromatic rings. The van der Waals surface area contributed by atoms with Crippen LogP contribution in [0, 0.1) is 0 Å². The van der Waals surface area contributed by atoms with Gasteiger partial charge in [0.05, 0.1) is 0 Å². The van der Waals surface area contributed by atoms with Crippen molar-refractivity contribution >= 4 is 8.32 Å². The Balaban J connectivity index is 2.82. The van der Waals surface area contributed by atoms with Crippen LogP contribution in [0.1, 0.15) is 40.5 Å². The third-order valence-corrected chi connectivity index (χ3v) is 6.58. The first-order valence-corrected chi connectivity index (χ1v) is 9.31. The molecular formula is C14H26OSi. The van der Waals surface area contributed by atoms with Crippen LogP contribution >= 0.6 is 0 Å². The maximum Gasteiger partial charge on any atom is 0.194 e. The van der Waals surface area contributed by atoms with E-state index in [2.05, 4.69) is 59.0 Å². The van der Waals surface area contributed by atoms with Crippen molar-refractivity contribution in [1.82, 2.24) is 0 Å². The van der Waals surface area contributed by atoms with Crippen molar-refractivity contribution in [3.8, 4) is 0 Å². The highest BCUT2D eigenvalue weighted by Crippen LogP contribution is 2.38. The third-order valence-electron chi connectivity index (χ3n) is 3.02. The Morgan fingerprint density at radius 3 is 2.38 bits per heavy atom. The summed E-state index contributed by atoms with van der Waals surface area (Å²) in [6.45, 7) is 13.4. The number of hydrogen-bond acceptors (Lipinski definition) is 1. The monoisotopic (exact) mass is 238 g/mol. The first-order valence-electron chi connectivity index (χ1n) is 6.33. The van der Waals surface area contributed by atoms with Crippen molar-refractivity contribution < 1.29 is 4.43 Å². The number of rotatable bonds is 4. The second-order valence-corrected chi connectivity index (χ2v) is 10.2. The summed E-state index contributed by atoms with van der Waals surface area (Å²) in [7, 11) is -1.65. The van der Waals surface area contributed by atoms with Gasteiger partial charge in [-0.15, -0.1) is 0 Å². The summed E-state index contributed by atoms with van der Waals surface area (Å²) in [5.41, 5.74) is 2.11. The van der Waals surface area contributed by atoms with E-state index in [0.29, 0.717) is 5.54 Å². The van der Waals surface area contributed by atoms with Crippen LogP contribution in [0.3, 0.4) is 0 Å². The minimum Gasteiger partial charge on any atom is -0.412 e. The van der Waals surface area contributed by atoms with E-state index >= 15 is 0 Å². The van der Waals surface area contributed by atoms with Gasteiger partial charge >= 0.3 is 0 Å². The molecule has 0 radical (unpaired) electrons. The largest absolute Gasteiger partial charge is 0.412 e. The lowest BCUT2D eigenvalue weighted by atomic mass is 10.1. The zero-order chi connectivity index (χ0) is 12.4. The second kappa shape index (κ2) is 4.88. The van der Waals surface area contributed by atoms with Gasteiger partial charge in [0.2, 0.25) is 0 Å². The molecule has 0 aromatic carbocycles. The van der Waals surface area contributed by atoms with Gasteiger partial charge in [-0.2, -0.15) is 0 Å². The van der Waals surface area contributed by atoms with Gasteiger partial charge < -0.3 is 4.43 Å². The molecular weight excluding hydrogens is 212 g/mol. The van der Waals surface area contributed by atoms with Gasteiger partial charge in [0.25, 0.3) is 0 Å². The standard InChI is InChI=1S/C14H26OSi/c1-7-13(12-10-8-9-11-12)16(5,6)15-14(2,3)4/h8,10-11,13H,7,9H2,1-6H3. The van der Waals surface area contributed by atoms with Crippen LogP contribution in [0.5, 0.6) is 0 Å². The highest BCUT2D eigenvalue weighted by atomic mass is 28.4. The molecule has 2 heteroatoms. The maximum atomic E-state index is 6.35. The molecule has 1 unspecified atom stereocenters. The lowest BCUT2D eigenvalue weighted by Gasteiger charge is -2.38. The molecule has 0 saturated carbocycles. The van der Waals surface area contributed by atoms with Crippen LogP contribution < -0.4 is 0 Å². The van der Waals surface area contributed by atoms with Gasteiger partial charge in [0.15, 0.2) is 8.32 Å². The van der Waals surface area contributed by atoms with Crippen LogP contribution in [0.25, 0.3) is 0 Å². The molecule has 1 rings (SSSR count). The minimum atomic E-state index is -1.65. The minimum absolute atomic E-state index is 0.0218. The van der Waals surface area contributed by atoms with Gasteiger partial charge in [-0.1, -0.05) is 25.2 Å². The normalized spacial score (nSPS) is 18.8. The summed E-state index contributed by atoms with van der Waals surface area (Å²) >= 11 is 0. The fourth-order valence-electron chi connectivity index (χ4n) is 2.72. The van der Waals surface area contributed by atoms with Gasteiger partial charge in [-0.3, -0.25) is 0 Å². The molecule has 0 bridgehead atoms. The Labute approximate surface area is 102 Å². The first-order chi connectivity index (χ1) is 7.26. The van der Waals surface area contributed by atoms with Crippen LogP contribution in [-0.4, -0.2) is 13.9 Å². The van der Waals surface area contributed by atoms with E-state index in [1.165, 1.54) is 12.0 Å². The quantitative estimate of drug-likeness (QED) is 0.647. The lowest BCUT2D eigenvalue weighted by Crippen LogP contribution is -2.43. The molecule has 16 heavy (non-hydrogen) atoms. The van der Waals surface area contributed by atoms with Crippen molar-refractivity contribution in [2.45, 2.75) is 64.8 Å². The summed E-state index contributed by atoms with van der Waals surface area (Å²) in [6, 6.07) is 0. The zero-order valence-corrected chi connectivity index (χ0v) is 12.6. The first kappa shape index (κ1) is 13.7. The third kappa shape index (κ3) is 3.60. The van der Waals surface area contributed by atoms with E-state index in [4.69, 9.17) is 4.43 Å². The molecule has 0 N–H and O–H groups in total. The summed E-state index contributed by atoms with van der Waals surface area (Å²) < 4.78 is 6.35. The maximum absolute atomic E-state index is 6.35. The Morgan fingerprint density at radius 1 is 1.38 bits per heavy atom. The molecule has 0 amide bonds. The van der Waals surface area contributed by atoms with Crippen molar-refractivity contribution in [1.29, 1.82) is 0 Å². The second-order valence-electron chi connectivity index (χ2n) is 6.12. The van der Waals surface area contributed by atoms with Gasteiger partial charge in [-0.05, 0) is 52.3 Å². The van der Waals surface area contributed by atoms with Crippen molar-refractivity contribution in [3.05, 3.63) is 23.8 Å². The Bertz CT molecular complexity index is 294. The smallest absolute Gasteiger partial charge is 0.194 e. The number of hydrogen-bond donors (Lipinski definition) is 0. The average molecular weight is 238 g/mol. The fourth-order valence-corrected chi connectivity index (χ4v) is 6.44. The Hall–Kier alpha value is -0.343. The SMILES string of the molecule is CCC(C1=CCC=C1)[Si](C)(C)OC(C)(C)C. The van der Waals surface area contributed by atoms with Crippen molar-refractivity contribution in [2.24, 2.45) is 0 Å². The summed E-state index contributed by atoms with van der Waals surface area (Å²) in [5, 5.41) is 0. The molecule has 0 heterocycles. The van der Waals surface area contributed by atoms with Gasteiger partial charge in [-0.25, -0.2) is 0 Å². The van der Waals surface area contributed by atoms with E-state index in [1.807, 2.05) is 0 Å². The molecule has 0 saturated heterocycles. The van der Waals surface area contributed by atoms with Crippen LogP contribution in [0.2, 0.25) is 18.6 Å². The molecule has 1 aliphatic rings. The Kier molecular flexibility index (Phi) is 4.19. The molecule has 1 aliphatic carbocycles. The molecule has 0 aliphatic heterocycles. The summed E-state index contributed by atoms with van der Waals surface area (Å²) in [5.74, 6) is 0. The molecule has 1 atom stereocenters. The van der Waals surface area contributed by atoms with E-state index in [9.17, 15) is 0 Å². The molecule has 0 spiro atoms. The van der Waals surface area contributed by atoms with Crippen LogP contribution in [0.15, 0.2) is 23.8 Å². The van der Waals surface area contributed by atoms with E-state index < -0.39 is 8.32 Å². The molecule has 0 aromatic heterocycles. The zero-order valence-electron chi connectivity index (χ0n) is 11.6. The van der Waals surface area contributed by atoms with E-state index in [-0.39, 0.29) is 5.60 Å². The Morgan fingerprint density at radius 2 is 2.00 bits per heavy atom. The predicted molar refractivity (Wildman–Crippen MR) is 74.2 cm³/mol. The topological polar surface area (TPSA) is 9.23 Å². The predicted octanol–water partition coefficient (Wildman–Crippen LogP) is 4.67. The molecule has 0 fully saturated rings. The summed E-state index contributed by atoms with van der Waals surface area (Å²) in [4.78, 5) is 0. The van der Waals surface area contributed by atoms with Gasteiger partial charge in [0.1, 0.15) is 0 Å².